The van der Waals surface area contributed by atoms with Gasteiger partial charge in [-0.1, -0.05) is 0 Å². The second kappa shape index (κ2) is 5.89. The summed E-state index contributed by atoms with van der Waals surface area (Å²) in [5.41, 5.74) is 1.83. The molecule has 0 spiro atoms. The first-order valence-corrected chi connectivity index (χ1v) is 5.07. The molecule has 5 heteroatoms. The third-order valence-corrected chi connectivity index (χ3v) is 2.40. The molecule has 0 bridgehead atoms. The van der Waals surface area contributed by atoms with Crippen molar-refractivity contribution >= 4 is 12.2 Å². The summed E-state index contributed by atoms with van der Waals surface area (Å²) in [7, 11) is 3.10. The fourth-order valence-corrected chi connectivity index (χ4v) is 1.44. The molecule has 0 aliphatic carbocycles. The molecule has 5 nitrogen and oxygen atoms in total. The van der Waals surface area contributed by atoms with Crippen molar-refractivity contribution < 1.29 is 19.1 Å². The van der Waals surface area contributed by atoms with E-state index in [0.29, 0.717) is 11.5 Å². The summed E-state index contributed by atoms with van der Waals surface area (Å²) >= 11 is 0. The average molecular weight is 237 g/mol. The van der Waals surface area contributed by atoms with Crippen LogP contribution in [0.2, 0.25) is 0 Å². The van der Waals surface area contributed by atoms with Crippen LogP contribution in [0.5, 0.6) is 11.5 Å². The summed E-state index contributed by atoms with van der Waals surface area (Å²) < 4.78 is 10.3. The van der Waals surface area contributed by atoms with E-state index in [1.54, 1.807) is 20.3 Å². The maximum atomic E-state index is 10.8. The number of carbonyl (C=O) groups is 2. The standard InChI is InChI=1S/C12H15NO4/c1-8-4-10(16-2)11(17-3)5-9(8)6-13-12(15)7-14/h4-5,7H,6H2,1-3H3,(H,13,15). The summed E-state index contributed by atoms with van der Waals surface area (Å²) in [4.78, 5) is 21.0. The highest BCUT2D eigenvalue weighted by Crippen LogP contribution is 2.30. The van der Waals surface area contributed by atoms with E-state index in [1.807, 2.05) is 13.0 Å². The molecular formula is C12H15NO4. The number of aldehydes is 1. The molecule has 0 aromatic heterocycles. The van der Waals surface area contributed by atoms with Crippen molar-refractivity contribution in [1.82, 2.24) is 5.32 Å². The summed E-state index contributed by atoms with van der Waals surface area (Å²) in [6.45, 7) is 2.17. The van der Waals surface area contributed by atoms with E-state index in [-0.39, 0.29) is 12.8 Å². The van der Waals surface area contributed by atoms with Crippen LogP contribution in [0.4, 0.5) is 0 Å². The summed E-state index contributed by atoms with van der Waals surface area (Å²) in [5.74, 6) is 0.586. The van der Waals surface area contributed by atoms with Crippen LogP contribution in [0.3, 0.4) is 0 Å². The molecule has 17 heavy (non-hydrogen) atoms. The number of hydrogen-bond donors (Lipinski definition) is 1. The number of nitrogens with one attached hydrogen (secondary N) is 1. The van der Waals surface area contributed by atoms with Gasteiger partial charge in [0, 0.05) is 6.54 Å². The number of benzene rings is 1. The van der Waals surface area contributed by atoms with Crippen LogP contribution in [-0.2, 0) is 16.1 Å². The highest BCUT2D eigenvalue weighted by atomic mass is 16.5. The summed E-state index contributed by atoms with van der Waals surface area (Å²) in [6, 6.07) is 3.60. The third kappa shape index (κ3) is 3.21. The van der Waals surface area contributed by atoms with Gasteiger partial charge in [-0.15, -0.1) is 0 Å². The number of methoxy groups -OCH3 is 2. The van der Waals surface area contributed by atoms with Gasteiger partial charge in [-0.25, -0.2) is 0 Å². The molecule has 1 rings (SSSR count). The van der Waals surface area contributed by atoms with Gasteiger partial charge in [-0.2, -0.15) is 0 Å². The number of hydrogen-bond acceptors (Lipinski definition) is 4. The second-order valence-electron chi connectivity index (χ2n) is 3.47. The molecule has 1 N–H and O–H groups in total. The van der Waals surface area contributed by atoms with Gasteiger partial charge in [0.1, 0.15) is 0 Å². The predicted octanol–water partition coefficient (Wildman–Crippen LogP) is 0.827. The van der Waals surface area contributed by atoms with E-state index in [9.17, 15) is 9.59 Å². The van der Waals surface area contributed by atoms with Gasteiger partial charge < -0.3 is 14.8 Å². The quantitative estimate of drug-likeness (QED) is 0.608. The van der Waals surface area contributed by atoms with E-state index in [1.165, 1.54) is 0 Å². The first-order valence-electron chi connectivity index (χ1n) is 5.07. The lowest BCUT2D eigenvalue weighted by Gasteiger charge is -2.12. The lowest BCUT2D eigenvalue weighted by atomic mass is 10.1. The van der Waals surface area contributed by atoms with Crippen molar-refractivity contribution in [3.8, 4) is 11.5 Å². The molecule has 0 heterocycles. The van der Waals surface area contributed by atoms with Crippen molar-refractivity contribution in [2.45, 2.75) is 13.5 Å². The molecule has 0 aliphatic rings. The minimum atomic E-state index is -0.640. The van der Waals surface area contributed by atoms with E-state index < -0.39 is 5.91 Å². The maximum Gasteiger partial charge on any atom is 0.284 e. The van der Waals surface area contributed by atoms with Gasteiger partial charge in [-0.05, 0) is 30.2 Å². The number of aryl methyl sites for hydroxylation is 1. The Morgan fingerprint density at radius 3 is 2.41 bits per heavy atom. The Kier molecular flexibility index (Phi) is 4.51. The molecular weight excluding hydrogens is 222 g/mol. The minimum Gasteiger partial charge on any atom is -0.493 e. The second-order valence-corrected chi connectivity index (χ2v) is 3.47. The van der Waals surface area contributed by atoms with Gasteiger partial charge in [0.15, 0.2) is 11.5 Å². The Bertz CT molecular complexity index is 429. The molecule has 1 aromatic rings. The van der Waals surface area contributed by atoms with Crippen LogP contribution in [0.25, 0.3) is 0 Å². The van der Waals surface area contributed by atoms with Crippen LogP contribution in [0, 0.1) is 6.92 Å². The van der Waals surface area contributed by atoms with Crippen molar-refractivity contribution in [1.29, 1.82) is 0 Å². The molecule has 0 fully saturated rings. The highest BCUT2D eigenvalue weighted by molar-refractivity contribution is 6.23. The zero-order chi connectivity index (χ0) is 12.8. The third-order valence-electron chi connectivity index (χ3n) is 2.40. The Labute approximate surface area is 99.7 Å². The van der Waals surface area contributed by atoms with Gasteiger partial charge >= 0.3 is 0 Å². The lowest BCUT2D eigenvalue weighted by molar-refractivity contribution is -0.131. The molecule has 0 saturated heterocycles. The van der Waals surface area contributed by atoms with Crippen molar-refractivity contribution in [3.05, 3.63) is 23.3 Å². The van der Waals surface area contributed by atoms with Crippen LogP contribution in [-0.4, -0.2) is 26.4 Å². The minimum absolute atomic E-state index is 0.246. The smallest absolute Gasteiger partial charge is 0.284 e. The summed E-state index contributed by atoms with van der Waals surface area (Å²) in [5, 5.41) is 2.47. The first kappa shape index (κ1) is 13.0. The van der Waals surface area contributed by atoms with Crippen LogP contribution >= 0.6 is 0 Å². The first-order chi connectivity index (χ1) is 8.12. The number of ether oxygens (including phenoxy) is 2. The molecule has 92 valence electrons. The lowest BCUT2D eigenvalue weighted by Crippen LogP contribution is -2.23. The maximum absolute atomic E-state index is 10.8. The van der Waals surface area contributed by atoms with Crippen molar-refractivity contribution in [2.75, 3.05) is 14.2 Å². The highest BCUT2D eigenvalue weighted by Gasteiger charge is 2.09. The normalized spacial score (nSPS) is 9.59. The van der Waals surface area contributed by atoms with Crippen LogP contribution in [0.15, 0.2) is 12.1 Å². The molecule has 0 aliphatic heterocycles. The molecule has 0 unspecified atom stereocenters. The number of rotatable bonds is 5. The predicted molar refractivity (Wildman–Crippen MR) is 62.2 cm³/mol. The summed E-state index contributed by atoms with van der Waals surface area (Å²) in [6.07, 6.45) is 0.246. The van der Waals surface area contributed by atoms with Crippen LogP contribution < -0.4 is 14.8 Å². The Morgan fingerprint density at radius 1 is 1.29 bits per heavy atom. The number of carbonyl (C=O) groups excluding carboxylic acids is 2. The largest absolute Gasteiger partial charge is 0.493 e. The van der Waals surface area contributed by atoms with E-state index >= 15 is 0 Å². The zero-order valence-corrected chi connectivity index (χ0v) is 10.1. The fraction of sp³-hybridized carbons (Fsp3) is 0.333. The zero-order valence-electron chi connectivity index (χ0n) is 10.1. The van der Waals surface area contributed by atoms with Gasteiger partial charge in [0.25, 0.3) is 5.91 Å². The molecule has 1 aromatic carbocycles. The Balaban J connectivity index is 2.92. The fourth-order valence-electron chi connectivity index (χ4n) is 1.44. The monoisotopic (exact) mass is 237 g/mol. The van der Waals surface area contributed by atoms with E-state index in [2.05, 4.69) is 5.32 Å². The Hall–Kier alpha value is -2.04. The topological polar surface area (TPSA) is 64.6 Å². The van der Waals surface area contributed by atoms with Crippen molar-refractivity contribution in [3.63, 3.8) is 0 Å². The van der Waals surface area contributed by atoms with E-state index in [4.69, 9.17) is 9.47 Å². The van der Waals surface area contributed by atoms with Gasteiger partial charge in [-0.3, -0.25) is 9.59 Å². The van der Waals surface area contributed by atoms with Gasteiger partial charge in [0.05, 0.1) is 14.2 Å². The van der Waals surface area contributed by atoms with Crippen LogP contribution in [0.1, 0.15) is 11.1 Å². The Morgan fingerprint density at radius 2 is 1.88 bits per heavy atom. The SMILES string of the molecule is COc1cc(C)c(CNC(=O)C=O)cc1OC. The van der Waals surface area contributed by atoms with E-state index in [0.717, 1.165) is 11.1 Å². The molecule has 0 saturated carbocycles. The van der Waals surface area contributed by atoms with Crippen molar-refractivity contribution in [2.24, 2.45) is 0 Å². The molecule has 0 radical (unpaired) electrons. The number of amides is 1. The average Bonchev–Trinajstić information content (AvgIpc) is 2.36. The molecule has 0 atom stereocenters. The molecule has 1 amide bonds. The van der Waals surface area contributed by atoms with Gasteiger partial charge in [0.2, 0.25) is 6.29 Å².